The predicted molar refractivity (Wildman–Crippen MR) is 121 cm³/mol. The smallest absolute Gasteiger partial charge is 0.309 e. The quantitative estimate of drug-likeness (QED) is 0.516. The van der Waals surface area contributed by atoms with Gasteiger partial charge in [0.15, 0.2) is 5.78 Å². The number of aromatic nitrogens is 2. The summed E-state index contributed by atoms with van der Waals surface area (Å²) in [4.78, 5) is 29.8. The van der Waals surface area contributed by atoms with E-state index in [0.29, 0.717) is 12.8 Å². The van der Waals surface area contributed by atoms with E-state index in [4.69, 9.17) is 9.47 Å². The van der Waals surface area contributed by atoms with Gasteiger partial charge in [-0.1, -0.05) is 13.0 Å². The van der Waals surface area contributed by atoms with E-state index in [-0.39, 0.29) is 35.4 Å². The first-order valence-corrected chi connectivity index (χ1v) is 11.7. The normalized spacial score (nSPS) is 38.1. The van der Waals surface area contributed by atoms with Gasteiger partial charge in [0.05, 0.1) is 30.3 Å². The number of ether oxygens (including phenoxy) is 2. The predicted octanol–water partition coefficient (Wildman–Crippen LogP) is 2.34. The second kappa shape index (κ2) is 9.16. The molecule has 0 aromatic carbocycles. The van der Waals surface area contributed by atoms with Crippen LogP contribution < -0.4 is 0 Å². The molecular formula is C25H34N2O6. The zero-order chi connectivity index (χ0) is 23.9. The number of epoxide rings is 1. The second-order valence-corrected chi connectivity index (χ2v) is 9.96. The van der Waals surface area contributed by atoms with Gasteiger partial charge in [-0.15, -0.1) is 0 Å². The van der Waals surface area contributed by atoms with Crippen LogP contribution in [0.25, 0.3) is 6.08 Å². The van der Waals surface area contributed by atoms with Crippen molar-refractivity contribution in [3.05, 3.63) is 35.4 Å². The maximum Gasteiger partial charge on any atom is 0.309 e. The molecule has 1 aliphatic carbocycles. The molecule has 8 nitrogen and oxygen atoms in total. The van der Waals surface area contributed by atoms with Gasteiger partial charge in [-0.2, -0.15) is 0 Å². The number of aryl methyl sites for hydroxylation is 1. The highest BCUT2D eigenvalue weighted by Gasteiger charge is 2.53. The number of esters is 1. The largest absolute Gasteiger partial charge is 0.458 e. The van der Waals surface area contributed by atoms with Crippen LogP contribution in [0.5, 0.6) is 0 Å². The van der Waals surface area contributed by atoms with Crippen molar-refractivity contribution in [1.82, 2.24) is 9.55 Å². The van der Waals surface area contributed by atoms with Gasteiger partial charge in [-0.25, -0.2) is 4.98 Å². The van der Waals surface area contributed by atoms with Crippen LogP contribution in [0.2, 0.25) is 0 Å². The van der Waals surface area contributed by atoms with E-state index >= 15 is 0 Å². The Kier molecular flexibility index (Phi) is 6.62. The number of nitrogens with zero attached hydrogens (tertiary/aromatic N) is 2. The number of fused-ring (bicyclic) bond motifs is 2. The summed E-state index contributed by atoms with van der Waals surface area (Å²) in [6, 6.07) is 0. The van der Waals surface area contributed by atoms with E-state index in [9.17, 15) is 19.8 Å². The van der Waals surface area contributed by atoms with Crippen molar-refractivity contribution in [2.24, 2.45) is 18.9 Å². The number of hydrogen-bond donors (Lipinski definition) is 2. The molecule has 0 unspecified atom stereocenters. The van der Waals surface area contributed by atoms with Crippen molar-refractivity contribution in [1.29, 1.82) is 0 Å². The topological polar surface area (TPSA) is 114 Å². The third-order valence-electron chi connectivity index (χ3n) is 7.43. The first-order valence-electron chi connectivity index (χ1n) is 11.7. The standard InChI is InChI=1S/C25H34N2O6/c1-14(10-21-26-8-9-27(21)4)19-13-20-25(3,33-20)7-5-6-16-11-17(18(28)12-22(29)32-19)24(31)15(2)23(16)30/h8-11,15-16,18-20,23,28,30H,5-7,12-13H2,1-4H3/b14-10+/t15-,16-,18+,19+,20+,23-,25-/m1/s1. The highest BCUT2D eigenvalue weighted by molar-refractivity contribution is 5.99. The Hall–Kier alpha value is -2.29. The van der Waals surface area contributed by atoms with Gasteiger partial charge in [0.2, 0.25) is 0 Å². The minimum Gasteiger partial charge on any atom is -0.458 e. The van der Waals surface area contributed by atoms with Crippen molar-refractivity contribution < 1.29 is 29.3 Å². The minimum atomic E-state index is -1.26. The Bertz CT molecular complexity index is 981. The third kappa shape index (κ3) is 4.98. The molecule has 3 aliphatic rings. The molecule has 2 aliphatic heterocycles. The van der Waals surface area contributed by atoms with Gasteiger partial charge in [-0.3, -0.25) is 9.59 Å². The third-order valence-corrected chi connectivity index (χ3v) is 7.43. The van der Waals surface area contributed by atoms with Crippen molar-refractivity contribution in [3.8, 4) is 0 Å². The summed E-state index contributed by atoms with van der Waals surface area (Å²) in [5, 5.41) is 21.3. The number of cyclic esters (lactones) is 1. The lowest BCUT2D eigenvalue weighted by Gasteiger charge is -2.32. The maximum absolute atomic E-state index is 12.8. The van der Waals surface area contributed by atoms with Gasteiger partial charge in [-0.05, 0) is 44.8 Å². The molecule has 1 saturated heterocycles. The molecular weight excluding hydrogens is 424 g/mol. The molecule has 0 amide bonds. The summed E-state index contributed by atoms with van der Waals surface area (Å²) in [7, 11) is 1.89. The van der Waals surface area contributed by atoms with Crippen LogP contribution in [0.1, 0.15) is 58.7 Å². The molecule has 3 heterocycles. The Morgan fingerprint density at radius 1 is 1.33 bits per heavy atom. The van der Waals surface area contributed by atoms with Crippen molar-refractivity contribution in [2.75, 3.05) is 0 Å². The van der Waals surface area contributed by atoms with E-state index < -0.39 is 30.2 Å². The lowest BCUT2D eigenvalue weighted by molar-refractivity contribution is -0.149. The SMILES string of the molecule is C/C(=C\c1nccn1C)[C@@H]1C[C@@H]2O[C@]2(C)CCC[C@@H]2C=C(C(=O)[C@H](C)[C@H]2O)[C@@H](O)CC(=O)O1. The van der Waals surface area contributed by atoms with E-state index in [0.717, 1.165) is 24.2 Å². The minimum absolute atomic E-state index is 0.0456. The summed E-state index contributed by atoms with van der Waals surface area (Å²) < 4.78 is 13.7. The number of hydrogen-bond acceptors (Lipinski definition) is 7. The molecule has 0 spiro atoms. The fourth-order valence-electron chi connectivity index (χ4n) is 5.04. The lowest BCUT2D eigenvalue weighted by atomic mass is 9.75. The lowest BCUT2D eigenvalue weighted by Crippen LogP contribution is -2.40. The van der Waals surface area contributed by atoms with Gasteiger partial charge < -0.3 is 24.3 Å². The van der Waals surface area contributed by atoms with Gasteiger partial charge >= 0.3 is 5.97 Å². The molecule has 4 rings (SSSR count). The van der Waals surface area contributed by atoms with Crippen LogP contribution in [0, 0.1) is 11.8 Å². The average Bonchev–Trinajstić information content (AvgIpc) is 3.21. The zero-order valence-electron chi connectivity index (χ0n) is 19.7. The Morgan fingerprint density at radius 2 is 2.09 bits per heavy atom. The molecule has 0 radical (unpaired) electrons. The van der Waals surface area contributed by atoms with Crippen molar-refractivity contribution in [3.63, 3.8) is 0 Å². The van der Waals surface area contributed by atoms with Crippen LogP contribution in [-0.4, -0.2) is 61.5 Å². The molecule has 8 heteroatoms. The highest BCUT2D eigenvalue weighted by Crippen LogP contribution is 2.45. The Balaban J connectivity index is 1.60. The molecule has 1 aromatic rings. The number of carbonyl (C=O) groups is 2. The zero-order valence-corrected chi connectivity index (χ0v) is 19.7. The summed E-state index contributed by atoms with van der Waals surface area (Å²) in [5.41, 5.74) is 0.739. The summed E-state index contributed by atoms with van der Waals surface area (Å²) in [6.07, 6.45) is 6.98. The molecule has 1 fully saturated rings. The average molecular weight is 459 g/mol. The van der Waals surface area contributed by atoms with Crippen LogP contribution >= 0.6 is 0 Å². The molecule has 180 valence electrons. The Morgan fingerprint density at radius 3 is 2.79 bits per heavy atom. The number of carbonyl (C=O) groups excluding carboxylic acids is 2. The number of aliphatic hydroxyl groups excluding tert-OH is 2. The van der Waals surface area contributed by atoms with E-state index in [2.05, 4.69) is 11.9 Å². The van der Waals surface area contributed by atoms with Crippen molar-refractivity contribution in [2.45, 2.75) is 82.9 Å². The van der Waals surface area contributed by atoms with Crippen LogP contribution in [-0.2, 0) is 26.1 Å². The van der Waals surface area contributed by atoms with Gasteiger partial charge in [0.25, 0.3) is 0 Å². The monoisotopic (exact) mass is 458 g/mol. The molecule has 7 atom stereocenters. The molecule has 2 N–H and O–H groups in total. The maximum atomic E-state index is 12.8. The second-order valence-electron chi connectivity index (χ2n) is 9.96. The van der Waals surface area contributed by atoms with Crippen LogP contribution in [0.3, 0.4) is 0 Å². The summed E-state index contributed by atoms with van der Waals surface area (Å²) in [6.45, 7) is 5.63. The number of Topliss-reactive ketones (excluding diaryl/α,β-unsaturated/α-hetero) is 1. The molecule has 33 heavy (non-hydrogen) atoms. The summed E-state index contributed by atoms with van der Waals surface area (Å²) >= 11 is 0. The highest BCUT2D eigenvalue weighted by atomic mass is 16.6. The summed E-state index contributed by atoms with van der Waals surface area (Å²) in [5.74, 6) is -1.00. The number of rotatable bonds is 2. The number of aliphatic hydroxyl groups is 2. The van der Waals surface area contributed by atoms with Crippen molar-refractivity contribution >= 4 is 17.8 Å². The molecule has 0 saturated carbocycles. The fraction of sp³-hybridized carbons (Fsp3) is 0.640. The number of ketones is 1. The number of imidazole rings is 1. The van der Waals surface area contributed by atoms with E-state index in [1.54, 1.807) is 19.2 Å². The van der Waals surface area contributed by atoms with E-state index in [1.165, 1.54) is 0 Å². The fourth-order valence-corrected chi connectivity index (χ4v) is 5.04. The van der Waals surface area contributed by atoms with Crippen LogP contribution in [0.15, 0.2) is 29.6 Å². The first-order chi connectivity index (χ1) is 15.6. The van der Waals surface area contributed by atoms with Crippen LogP contribution in [0.4, 0.5) is 0 Å². The van der Waals surface area contributed by atoms with Gasteiger partial charge in [0.1, 0.15) is 11.9 Å². The van der Waals surface area contributed by atoms with Gasteiger partial charge in [0, 0.05) is 43.3 Å². The first kappa shape index (κ1) is 23.9. The molecule has 1 aromatic heterocycles. The Labute approximate surface area is 194 Å². The molecule has 2 bridgehead atoms. The van der Waals surface area contributed by atoms with E-state index in [1.807, 2.05) is 30.8 Å².